The zero-order valence-electron chi connectivity index (χ0n) is 19.0. The molecule has 0 heterocycles. The molecule has 0 aliphatic rings. The second-order valence-electron chi connectivity index (χ2n) is 7.08. The maximum Gasteiger partial charge on any atom is 0.266 e. The lowest BCUT2D eigenvalue weighted by Gasteiger charge is -2.12. The summed E-state index contributed by atoms with van der Waals surface area (Å²) in [5.74, 6) is 0.339. The predicted octanol–water partition coefficient (Wildman–Crippen LogP) is 4.92. The quantitative estimate of drug-likeness (QED) is 0.325. The number of hydrogen-bond donors (Lipinski definition) is 2. The largest absolute Gasteiger partial charge is 0.497 e. The van der Waals surface area contributed by atoms with E-state index in [1.54, 1.807) is 73.8 Å². The number of rotatable bonds is 9. The zero-order valence-corrected chi connectivity index (χ0v) is 19.8. The van der Waals surface area contributed by atoms with Gasteiger partial charge in [0.2, 0.25) is 0 Å². The molecule has 35 heavy (non-hydrogen) atoms. The molecule has 0 aliphatic carbocycles. The third-order valence-electron chi connectivity index (χ3n) is 4.72. The predicted molar refractivity (Wildman–Crippen MR) is 134 cm³/mol. The van der Waals surface area contributed by atoms with Crippen LogP contribution in [0.2, 0.25) is 5.02 Å². The van der Waals surface area contributed by atoms with Crippen molar-refractivity contribution in [2.24, 2.45) is 0 Å². The van der Waals surface area contributed by atoms with E-state index in [1.807, 2.05) is 6.07 Å². The standard InChI is InChI=1S/C26H22ClN3O5/c1-33-20-10-8-19(9-11-20)29-26(32)18(15-28)13-17-7-12-23(24(14-17)34-2)35-16-25(31)30-22-6-4-3-5-21(22)27/h3-14H,16H2,1-2H3,(H,29,32)(H,30,31)/b18-13-. The average Bonchev–Trinajstić information content (AvgIpc) is 2.88. The summed E-state index contributed by atoms with van der Waals surface area (Å²) in [6, 6.07) is 20.3. The molecule has 178 valence electrons. The molecule has 0 atom stereocenters. The van der Waals surface area contributed by atoms with Crippen molar-refractivity contribution in [3.63, 3.8) is 0 Å². The summed E-state index contributed by atoms with van der Waals surface area (Å²) in [5.41, 5.74) is 1.44. The minimum absolute atomic E-state index is 0.101. The fourth-order valence-electron chi connectivity index (χ4n) is 2.97. The van der Waals surface area contributed by atoms with Gasteiger partial charge in [-0.3, -0.25) is 9.59 Å². The number of methoxy groups -OCH3 is 2. The molecule has 3 rings (SSSR count). The van der Waals surface area contributed by atoms with Gasteiger partial charge in [-0.2, -0.15) is 5.26 Å². The van der Waals surface area contributed by atoms with Gasteiger partial charge in [0, 0.05) is 5.69 Å². The Morgan fingerprint density at radius 1 is 0.971 bits per heavy atom. The van der Waals surface area contributed by atoms with E-state index in [2.05, 4.69) is 10.6 Å². The van der Waals surface area contributed by atoms with E-state index in [9.17, 15) is 14.9 Å². The molecular formula is C26H22ClN3O5. The third-order valence-corrected chi connectivity index (χ3v) is 5.05. The van der Waals surface area contributed by atoms with Gasteiger partial charge < -0.3 is 24.8 Å². The van der Waals surface area contributed by atoms with Gasteiger partial charge >= 0.3 is 0 Å². The Balaban J connectivity index is 1.67. The number of nitriles is 1. The van der Waals surface area contributed by atoms with E-state index in [-0.39, 0.29) is 12.2 Å². The summed E-state index contributed by atoms with van der Waals surface area (Å²) in [6.45, 7) is -0.273. The number of carbonyl (C=O) groups excluding carboxylic acids is 2. The van der Waals surface area contributed by atoms with Gasteiger partial charge in [0.25, 0.3) is 11.8 Å². The average molecular weight is 492 g/mol. The molecule has 0 aromatic heterocycles. The van der Waals surface area contributed by atoms with Crippen molar-refractivity contribution in [2.75, 3.05) is 31.5 Å². The lowest BCUT2D eigenvalue weighted by molar-refractivity contribution is -0.118. The highest BCUT2D eigenvalue weighted by Crippen LogP contribution is 2.29. The number of amides is 2. The first-order valence-electron chi connectivity index (χ1n) is 10.4. The number of hydrogen-bond acceptors (Lipinski definition) is 6. The van der Waals surface area contributed by atoms with Crippen molar-refractivity contribution < 1.29 is 23.8 Å². The maximum absolute atomic E-state index is 12.5. The van der Waals surface area contributed by atoms with Crippen molar-refractivity contribution >= 4 is 40.9 Å². The van der Waals surface area contributed by atoms with Gasteiger partial charge in [0.05, 0.1) is 24.9 Å². The number of benzene rings is 3. The lowest BCUT2D eigenvalue weighted by atomic mass is 10.1. The van der Waals surface area contributed by atoms with E-state index in [0.29, 0.717) is 39.2 Å². The van der Waals surface area contributed by atoms with Crippen LogP contribution in [0.3, 0.4) is 0 Å². The second kappa shape index (κ2) is 12.1. The molecule has 2 N–H and O–H groups in total. The molecule has 0 saturated heterocycles. The van der Waals surface area contributed by atoms with E-state index < -0.39 is 11.8 Å². The Bertz CT molecular complexity index is 1280. The molecule has 0 unspecified atom stereocenters. The van der Waals surface area contributed by atoms with Gasteiger partial charge in [0.15, 0.2) is 18.1 Å². The maximum atomic E-state index is 12.5. The van der Waals surface area contributed by atoms with Crippen molar-refractivity contribution in [3.05, 3.63) is 82.9 Å². The molecule has 0 bridgehead atoms. The topological polar surface area (TPSA) is 110 Å². The van der Waals surface area contributed by atoms with Crippen LogP contribution in [0.15, 0.2) is 72.3 Å². The molecule has 0 fully saturated rings. The van der Waals surface area contributed by atoms with Crippen LogP contribution in [-0.4, -0.2) is 32.6 Å². The number of carbonyl (C=O) groups is 2. The normalized spacial score (nSPS) is 10.6. The summed E-state index contributed by atoms with van der Waals surface area (Å²) in [7, 11) is 2.99. The van der Waals surface area contributed by atoms with Gasteiger partial charge in [-0.05, 0) is 60.2 Å². The molecule has 3 aromatic rings. The molecule has 3 aromatic carbocycles. The van der Waals surface area contributed by atoms with Gasteiger partial charge in [0.1, 0.15) is 17.4 Å². The smallest absolute Gasteiger partial charge is 0.266 e. The Kier molecular flexibility index (Phi) is 8.70. The van der Waals surface area contributed by atoms with Crippen LogP contribution >= 0.6 is 11.6 Å². The fourth-order valence-corrected chi connectivity index (χ4v) is 3.16. The highest BCUT2D eigenvalue weighted by Gasteiger charge is 2.13. The van der Waals surface area contributed by atoms with Gasteiger partial charge in [-0.25, -0.2) is 0 Å². The number of ether oxygens (including phenoxy) is 3. The molecule has 0 saturated carbocycles. The zero-order chi connectivity index (χ0) is 25.2. The van der Waals surface area contributed by atoms with Crippen LogP contribution in [0, 0.1) is 11.3 Å². The monoisotopic (exact) mass is 491 g/mol. The first-order chi connectivity index (χ1) is 16.9. The lowest BCUT2D eigenvalue weighted by Crippen LogP contribution is -2.20. The molecule has 0 spiro atoms. The highest BCUT2D eigenvalue weighted by atomic mass is 35.5. The minimum atomic E-state index is -0.562. The highest BCUT2D eigenvalue weighted by molar-refractivity contribution is 6.33. The van der Waals surface area contributed by atoms with Crippen molar-refractivity contribution in [1.29, 1.82) is 5.26 Å². The van der Waals surface area contributed by atoms with E-state index in [1.165, 1.54) is 13.2 Å². The SMILES string of the molecule is COc1ccc(NC(=O)/C(C#N)=C\c2ccc(OCC(=O)Nc3ccccc3Cl)c(OC)c2)cc1. The first-order valence-corrected chi connectivity index (χ1v) is 10.7. The van der Waals surface area contributed by atoms with Crippen LogP contribution in [0.5, 0.6) is 17.2 Å². The second-order valence-corrected chi connectivity index (χ2v) is 7.49. The van der Waals surface area contributed by atoms with Crippen molar-refractivity contribution in [1.82, 2.24) is 0 Å². The summed E-state index contributed by atoms with van der Waals surface area (Å²) < 4.78 is 16.0. The molecule has 2 amide bonds. The number of halogens is 1. The Labute approximate surface area is 207 Å². The molecule has 9 heteroatoms. The van der Waals surface area contributed by atoms with E-state index in [4.69, 9.17) is 25.8 Å². The summed E-state index contributed by atoms with van der Waals surface area (Å²) in [5, 5.41) is 15.2. The number of para-hydroxylation sites is 1. The first kappa shape index (κ1) is 25.1. The van der Waals surface area contributed by atoms with E-state index in [0.717, 1.165) is 0 Å². The molecule has 0 aliphatic heterocycles. The summed E-state index contributed by atoms with van der Waals surface area (Å²) in [4.78, 5) is 24.7. The summed E-state index contributed by atoms with van der Waals surface area (Å²) >= 11 is 6.05. The van der Waals surface area contributed by atoms with E-state index >= 15 is 0 Å². The third kappa shape index (κ3) is 7.00. The van der Waals surface area contributed by atoms with Crippen LogP contribution in [0.25, 0.3) is 6.08 Å². The van der Waals surface area contributed by atoms with Crippen LogP contribution in [-0.2, 0) is 9.59 Å². The Morgan fingerprint density at radius 2 is 1.71 bits per heavy atom. The molecular weight excluding hydrogens is 470 g/mol. The Hall–Kier alpha value is -4.48. The van der Waals surface area contributed by atoms with Crippen LogP contribution < -0.4 is 24.8 Å². The van der Waals surface area contributed by atoms with Gasteiger partial charge in [-0.15, -0.1) is 0 Å². The van der Waals surface area contributed by atoms with Crippen LogP contribution in [0.4, 0.5) is 11.4 Å². The summed E-state index contributed by atoms with van der Waals surface area (Å²) in [6.07, 6.45) is 1.43. The van der Waals surface area contributed by atoms with Crippen molar-refractivity contribution in [3.8, 4) is 23.3 Å². The minimum Gasteiger partial charge on any atom is -0.497 e. The van der Waals surface area contributed by atoms with Crippen molar-refractivity contribution in [2.45, 2.75) is 0 Å². The number of nitrogens with zero attached hydrogens (tertiary/aromatic N) is 1. The molecule has 8 nitrogen and oxygen atoms in total. The Morgan fingerprint density at radius 3 is 2.37 bits per heavy atom. The van der Waals surface area contributed by atoms with Crippen LogP contribution in [0.1, 0.15) is 5.56 Å². The number of nitrogens with one attached hydrogen (secondary N) is 2. The number of anilines is 2. The fraction of sp³-hybridized carbons (Fsp3) is 0.115. The van der Waals surface area contributed by atoms with Gasteiger partial charge in [-0.1, -0.05) is 29.8 Å². The molecule has 0 radical (unpaired) electrons.